The maximum atomic E-state index is 13.0. The van der Waals surface area contributed by atoms with Crippen LogP contribution in [0.1, 0.15) is 23.4 Å². The summed E-state index contributed by atoms with van der Waals surface area (Å²) in [4.78, 5) is 22.2. The Morgan fingerprint density at radius 1 is 1.24 bits per heavy atom. The van der Waals surface area contributed by atoms with Crippen LogP contribution < -0.4 is 5.32 Å². The van der Waals surface area contributed by atoms with E-state index in [0.29, 0.717) is 6.54 Å². The van der Waals surface area contributed by atoms with Crippen molar-refractivity contribution in [2.24, 2.45) is 0 Å². The molecule has 29 heavy (non-hydrogen) atoms. The zero-order chi connectivity index (χ0) is 21.1. The number of alkyl halides is 2. The van der Waals surface area contributed by atoms with E-state index in [0.717, 1.165) is 10.2 Å². The third-order valence-corrected chi connectivity index (χ3v) is 4.05. The molecule has 0 aliphatic rings. The van der Waals surface area contributed by atoms with Crippen molar-refractivity contribution < 1.29 is 22.9 Å². The van der Waals surface area contributed by atoms with Crippen molar-refractivity contribution in [3.63, 3.8) is 0 Å². The molecule has 2 heterocycles. The maximum absolute atomic E-state index is 13.0. The molecule has 3 aromatic rings. The van der Waals surface area contributed by atoms with Crippen LogP contribution in [0.15, 0.2) is 36.5 Å². The molecule has 12 heteroatoms. The van der Waals surface area contributed by atoms with Crippen LogP contribution in [0.3, 0.4) is 0 Å². The molecule has 0 aliphatic heterocycles. The first-order valence-electron chi connectivity index (χ1n) is 8.32. The molecule has 9 nitrogen and oxygen atoms in total. The quantitative estimate of drug-likeness (QED) is 0.478. The highest BCUT2D eigenvalue weighted by Gasteiger charge is 2.31. The smallest absolute Gasteiger partial charge is 0.308 e. The summed E-state index contributed by atoms with van der Waals surface area (Å²) in [6, 6.07) is 7.36. The topological polar surface area (TPSA) is 108 Å². The van der Waals surface area contributed by atoms with Crippen molar-refractivity contribution in [2.45, 2.75) is 26.4 Å². The van der Waals surface area contributed by atoms with E-state index >= 15 is 0 Å². The maximum Gasteiger partial charge on any atom is 0.319 e. The zero-order valence-corrected chi connectivity index (χ0v) is 15.1. The third-order valence-electron chi connectivity index (χ3n) is 4.05. The van der Waals surface area contributed by atoms with E-state index in [1.807, 2.05) is 0 Å². The number of nitrogens with one attached hydrogen (secondary N) is 1. The Morgan fingerprint density at radius 2 is 1.93 bits per heavy atom. The summed E-state index contributed by atoms with van der Waals surface area (Å²) in [5.74, 6) is -0.796. The van der Waals surface area contributed by atoms with E-state index in [4.69, 9.17) is 0 Å². The molecule has 0 radical (unpaired) electrons. The minimum atomic E-state index is -3.14. The van der Waals surface area contributed by atoms with Gasteiger partial charge in [0.25, 0.3) is 6.43 Å². The fourth-order valence-corrected chi connectivity index (χ4v) is 2.70. The third kappa shape index (κ3) is 4.59. The normalized spacial score (nSPS) is 11.1. The number of anilines is 1. The van der Waals surface area contributed by atoms with E-state index < -0.39 is 35.2 Å². The number of carbonyl (C=O) groups is 1. The monoisotopic (exact) mass is 408 g/mol. The molecular formula is C17H15F3N6O3. The highest BCUT2D eigenvalue weighted by molar-refractivity contribution is 5.89. The summed E-state index contributed by atoms with van der Waals surface area (Å²) in [6.45, 7) is 1.09. The van der Waals surface area contributed by atoms with Crippen molar-refractivity contribution in [1.82, 2.24) is 19.6 Å². The van der Waals surface area contributed by atoms with Crippen molar-refractivity contribution in [1.29, 1.82) is 0 Å². The van der Waals surface area contributed by atoms with Crippen molar-refractivity contribution in [3.8, 4) is 0 Å². The second kappa shape index (κ2) is 8.12. The summed E-state index contributed by atoms with van der Waals surface area (Å²) in [5, 5.41) is 21.1. The van der Waals surface area contributed by atoms with E-state index in [1.165, 1.54) is 29.8 Å². The first-order chi connectivity index (χ1) is 13.7. The fraction of sp³-hybridized carbons (Fsp3) is 0.235. The number of hydrogen-bond acceptors (Lipinski definition) is 5. The first kappa shape index (κ1) is 20.0. The Balaban J connectivity index is 1.67. The van der Waals surface area contributed by atoms with Gasteiger partial charge in [-0.2, -0.15) is 10.2 Å². The molecule has 1 aromatic carbocycles. The van der Waals surface area contributed by atoms with Gasteiger partial charge in [-0.15, -0.1) is 0 Å². The average Bonchev–Trinajstić information content (AvgIpc) is 3.21. The lowest BCUT2D eigenvalue weighted by molar-refractivity contribution is -0.386. The van der Waals surface area contributed by atoms with Gasteiger partial charge in [0.1, 0.15) is 18.1 Å². The Labute approximate surface area is 161 Å². The molecule has 0 unspecified atom stereocenters. The fourth-order valence-electron chi connectivity index (χ4n) is 2.70. The molecule has 0 spiro atoms. The van der Waals surface area contributed by atoms with E-state index in [1.54, 1.807) is 18.3 Å². The number of halogens is 3. The first-order valence-corrected chi connectivity index (χ1v) is 8.32. The van der Waals surface area contributed by atoms with Crippen LogP contribution in [-0.2, 0) is 17.9 Å². The van der Waals surface area contributed by atoms with E-state index in [2.05, 4.69) is 15.5 Å². The number of nitro groups is 1. The summed E-state index contributed by atoms with van der Waals surface area (Å²) in [7, 11) is 0. The minimum Gasteiger partial charge on any atom is -0.308 e. The van der Waals surface area contributed by atoms with E-state index in [9.17, 15) is 28.1 Å². The van der Waals surface area contributed by atoms with Crippen LogP contribution in [0.25, 0.3) is 0 Å². The molecule has 1 N–H and O–H groups in total. The zero-order valence-electron chi connectivity index (χ0n) is 15.1. The molecule has 0 saturated heterocycles. The Hall–Kier alpha value is -3.70. The molecule has 3 rings (SSSR count). The lowest BCUT2D eigenvalue weighted by Gasteiger charge is -2.04. The molecule has 0 bridgehead atoms. The van der Waals surface area contributed by atoms with Gasteiger partial charge in [-0.1, -0.05) is 12.1 Å². The predicted molar refractivity (Wildman–Crippen MR) is 94.9 cm³/mol. The predicted octanol–water partition coefficient (Wildman–Crippen LogP) is 3.06. The second-order valence-corrected chi connectivity index (χ2v) is 6.11. The second-order valence-electron chi connectivity index (χ2n) is 6.11. The largest absolute Gasteiger partial charge is 0.319 e. The van der Waals surface area contributed by atoms with Gasteiger partial charge < -0.3 is 5.32 Å². The van der Waals surface area contributed by atoms with Crippen molar-refractivity contribution in [3.05, 3.63) is 69.4 Å². The van der Waals surface area contributed by atoms with Gasteiger partial charge in [0, 0.05) is 12.3 Å². The summed E-state index contributed by atoms with van der Waals surface area (Å²) < 4.78 is 41.2. The van der Waals surface area contributed by atoms with Crippen LogP contribution in [-0.4, -0.2) is 30.4 Å². The number of hydrogen-bond donors (Lipinski definition) is 1. The average molecular weight is 408 g/mol. The highest BCUT2D eigenvalue weighted by Crippen LogP contribution is 2.30. The number of rotatable bonds is 7. The lowest BCUT2D eigenvalue weighted by atomic mass is 10.2. The van der Waals surface area contributed by atoms with Gasteiger partial charge in [0.15, 0.2) is 5.82 Å². The van der Waals surface area contributed by atoms with Crippen LogP contribution in [0.2, 0.25) is 0 Å². The van der Waals surface area contributed by atoms with Crippen LogP contribution in [0.5, 0.6) is 0 Å². The molecule has 0 saturated carbocycles. The molecule has 0 fully saturated rings. The number of aromatic nitrogens is 4. The minimum absolute atomic E-state index is 0.151. The van der Waals surface area contributed by atoms with Gasteiger partial charge in [-0.3, -0.25) is 24.3 Å². The molecule has 2 aromatic heterocycles. The van der Waals surface area contributed by atoms with Crippen LogP contribution in [0, 0.1) is 22.9 Å². The van der Waals surface area contributed by atoms with Gasteiger partial charge in [0.05, 0.1) is 11.5 Å². The molecule has 0 atom stereocenters. The SMILES string of the molecule is Cc1c([N+](=O)[O-])c(C(F)F)nn1CC(=O)Nc1ccn(Cc2ccc(F)cc2)n1. The molecule has 1 amide bonds. The lowest BCUT2D eigenvalue weighted by Crippen LogP contribution is -2.21. The standard InChI is InChI=1S/C17H15F3N6O3/c1-10-16(26(28)29)15(17(19)20)23-25(10)9-14(27)21-13-6-7-24(22-13)8-11-2-4-12(18)5-3-11/h2-7,17H,8-9H2,1H3,(H,21,22,27). The number of amides is 1. The van der Waals surface area contributed by atoms with Crippen molar-refractivity contribution in [2.75, 3.05) is 5.32 Å². The summed E-state index contributed by atoms with van der Waals surface area (Å²) >= 11 is 0. The van der Waals surface area contributed by atoms with Gasteiger partial charge >= 0.3 is 5.69 Å². The van der Waals surface area contributed by atoms with Gasteiger partial charge in [-0.25, -0.2) is 13.2 Å². The summed E-state index contributed by atoms with van der Waals surface area (Å²) in [5.41, 5.74) is -1.14. The number of nitrogens with zero attached hydrogens (tertiary/aromatic N) is 5. The Kier molecular flexibility index (Phi) is 5.61. The van der Waals surface area contributed by atoms with Crippen molar-refractivity contribution >= 4 is 17.4 Å². The number of carbonyl (C=O) groups excluding carboxylic acids is 1. The summed E-state index contributed by atoms with van der Waals surface area (Å²) in [6.07, 6.45) is -1.54. The Morgan fingerprint density at radius 3 is 2.52 bits per heavy atom. The van der Waals surface area contributed by atoms with Crippen LogP contribution >= 0.6 is 0 Å². The highest BCUT2D eigenvalue weighted by atomic mass is 19.3. The van der Waals surface area contributed by atoms with Gasteiger partial charge in [0.2, 0.25) is 11.6 Å². The molecule has 0 aliphatic carbocycles. The molecule has 152 valence electrons. The number of benzene rings is 1. The van der Waals surface area contributed by atoms with E-state index in [-0.39, 0.29) is 17.3 Å². The Bertz CT molecular complexity index is 1050. The molecular weight excluding hydrogens is 393 g/mol. The van der Waals surface area contributed by atoms with Crippen LogP contribution in [0.4, 0.5) is 24.7 Å². The van der Waals surface area contributed by atoms with Gasteiger partial charge in [-0.05, 0) is 24.6 Å².